The molecule has 1 amide bonds. The number of hydrogen-bond donors (Lipinski definition) is 2. The third-order valence-electron chi connectivity index (χ3n) is 1.88. The average Bonchev–Trinajstić information content (AvgIpc) is 2.16. The van der Waals surface area contributed by atoms with E-state index in [1.54, 1.807) is 0 Å². The Morgan fingerprint density at radius 3 is 2.80 bits per heavy atom. The quantitative estimate of drug-likeness (QED) is 0.758. The molecule has 82 valence electrons. The molecule has 1 rings (SSSR count). The van der Waals surface area contributed by atoms with Crippen LogP contribution in [0.25, 0.3) is 0 Å². The predicted molar refractivity (Wildman–Crippen MR) is 58.5 cm³/mol. The Balaban J connectivity index is 2.66. The summed E-state index contributed by atoms with van der Waals surface area (Å²) in [5.41, 5.74) is 5.65. The van der Waals surface area contributed by atoms with Gasteiger partial charge in [0.25, 0.3) is 0 Å². The first kappa shape index (κ1) is 11.9. The van der Waals surface area contributed by atoms with Gasteiger partial charge in [0.1, 0.15) is 5.15 Å². The summed E-state index contributed by atoms with van der Waals surface area (Å²) in [5, 5.41) is 2.77. The molecule has 0 aliphatic heterocycles. The maximum atomic E-state index is 11.5. The molecule has 3 N–H and O–H groups in total. The molecule has 0 saturated carbocycles. The second-order valence-corrected chi connectivity index (χ2v) is 3.85. The van der Waals surface area contributed by atoms with Gasteiger partial charge in [-0.3, -0.25) is 10.1 Å². The van der Waals surface area contributed by atoms with Crippen LogP contribution in [0.1, 0.15) is 13.8 Å². The van der Waals surface area contributed by atoms with Crippen LogP contribution in [0.3, 0.4) is 0 Å². The molecule has 0 bridgehead atoms. The largest absolute Gasteiger partial charge is 0.320 e. The molecule has 1 heterocycles. The minimum absolute atomic E-state index is 0.0594. The summed E-state index contributed by atoms with van der Waals surface area (Å²) in [4.78, 5) is 19.2. The number of halogens is 1. The van der Waals surface area contributed by atoms with Crippen molar-refractivity contribution in [1.29, 1.82) is 0 Å². The first-order chi connectivity index (χ1) is 7.00. The number of carbonyl (C=O) groups is 1. The Hall–Kier alpha value is -1.20. The standard InChI is InChI=1S/C9H13ClN4O/c1-5(2)7(11)8(15)14-9-12-4-3-6(10)13-9/h3-5,7H,11H2,1-2H3,(H,12,13,14,15)/t7-/m0/s1. The number of amides is 1. The summed E-state index contributed by atoms with van der Waals surface area (Å²) in [6.07, 6.45) is 1.46. The van der Waals surface area contributed by atoms with Crippen molar-refractivity contribution in [2.45, 2.75) is 19.9 Å². The minimum Gasteiger partial charge on any atom is -0.320 e. The Labute approximate surface area is 93.0 Å². The highest BCUT2D eigenvalue weighted by atomic mass is 35.5. The predicted octanol–water partition coefficient (Wildman–Crippen LogP) is 1.05. The number of nitrogens with zero attached hydrogens (tertiary/aromatic N) is 2. The van der Waals surface area contributed by atoms with Crippen LogP contribution in [-0.4, -0.2) is 21.9 Å². The van der Waals surface area contributed by atoms with E-state index >= 15 is 0 Å². The SMILES string of the molecule is CC(C)[C@H](N)C(=O)Nc1nccc(Cl)n1. The van der Waals surface area contributed by atoms with Crippen molar-refractivity contribution in [1.82, 2.24) is 9.97 Å². The van der Waals surface area contributed by atoms with E-state index in [9.17, 15) is 4.79 Å². The summed E-state index contributed by atoms with van der Waals surface area (Å²) < 4.78 is 0. The summed E-state index contributed by atoms with van der Waals surface area (Å²) >= 11 is 5.64. The van der Waals surface area contributed by atoms with Gasteiger partial charge >= 0.3 is 0 Å². The number of nitrogens with one attached hydrogen (secondary N) is 1. The third kappa shape index (κ3) is 3.45. The number of carbonyl (C=O) groups excluding carboxylic acids is 1. The normalized spacial score (nSPS) is 12.6. The van der Waals surface area contributed by atoms with Gasteiger partial charge in [0.05, 0.1) is 6.04 Å². The van der Waals surface area contributed by atoms with Gasteiger partial charge in [-0.15, -0.1) is 0 Å². The van der Waals surface area contributed by atoms with E-state index in [1.807, 2.05) is 13.8 Å². The lowest BCUT2D eigenvalue weighted by molar-refractivity contribution is -0.118. The second-order valence-electron chi connectivity index (χ2n) is 3.46. The van der Waals surface area contributed by atoms with Gasteiger partial charge in [-0.25, -0.2) is 9.97 Å². The lowest BCUT2D eigenvalue weighted by Crippen LogP contribution is -2.40. The fraction of sp³-hybridized carbons (Fsp3) is 0.444. The number of anilines is 1. The Bertz CT molecular complexity index is 356. The molecule has 0 aromatic carbocycles. The van der Waals surface area contributed by atoms with E-state index in [1.165, 1.54) is 12.3 Å². The number of aromatic nitrogens is 2. The van der Waals surface area contributed by atoms with E-state index in [0.717, 1.165) is 0 Å². The van der Waals surface area contributed by atoms with Crippen molar-refractivity contribution >= 4 is 23.5 Å². The monoisotopic (exact) mass is 228 g/mol. The van der Waals surface area contributed by atoms with Crippen LogP contribution in [0.2, 0.25) is 5.15 Å². The zero-order chi connectivity index (χ0) is 11.4. The van der Waals surface area contributed by atoms with Crippen molar-refractivity contribution in [3.05, 3.63) is 17.4 Å². The molecular weight excluding hydrogens is 216 g/mol. The third-order valence-corrected chi connectivity index (χ3v) is 2.09. The van der Waals surface area contributed by atoms with Gasteiger partial charge in [0, 0.05) is 6.20 Å². The highest BCUT2D eigenvalue weighted by molar-refractivity contribution is 6.29. The molecule has 5 nitrogen and oxygen atoms in total. The average molecular weight is 229 g/mol. The molecule has 0 saturated heterocycles. The van der Waals surface area contributed by atoms with Crippen molar-refractivity contribution < 1.29 is 4.79 Å². The number of hydrogen-bond acceptors (Lipinski definition) is 4. The summed E-state index contributed by atoms with van der Waals surface area (Å²) in [6, 6.07) is 0.951. The van der Waals surface area contributed by atoms with Gasteiger partial charge < -0.3 is 5.73 Å². The van der Waals surface area contributed by atoms with E-state index in [0.29, 0.717) is 0 Å². The van der Waals surface area contributed by atoms with Crippen LogP contribution in [0.5, 0.6) is 0 Å². The molecule has 0 aliphatic carbocycles. The molecular formula is C9H13ClN4O. The first-order valence-electron chi connectivity index (χ1n) is 4.55. The summed E-state index contributed by atoms with van der Waals surface area (Å²) in [7, 11) is 0. The molecule has 0 aliphatic rings. The van der Waals surface area contributed by atoms with Crippen molar-refractivity contribution in [2.75, 3.05) is 5.32 Å². The Morgan fingerprint density at radius 2 is 2.27 bits per heavy atom. The molecule has 0 fully saturated rings. The second kappa shape index (κ2) is 5.04. The molecule has 15 heavy (non-hydrogen) atoms. The van der Waals surface area contributed by atoms with Crippen LogP contribution in [-0.2, 0) is 4.79 Å². The van der Waals surface area contributed by atoms with Gasteiger partial charge in [-0.05, 0) is 12.0 Å². The highest BCUT2D eigenvalue weighted by Crippen LogP contribution is 2.07. The Kier molecular flexibility index (Phi) is 3.99. The zero-order valence-electron chi connectivity index (χ0n) is 8.57. The summed E-state index contributed by atoms with van der Waals surface area (Å²) in [5.74, 6) is -0.0833. The smallest absolute Gasteiger partial charge is 0.243 e. The van der Waals surface area contributed by atoms with Gasteiger partial charge in [0.2, 0.25) is 11.9 Å². The van der Waals surface area contributed by atoms with Crippen LogP contribution in [0, 0.1) is 5.92 Å². The molecule has 1 aromatic heterocycles. The topological polar surface area (TPSA) is 80.9 Å². The van der Waals surface area contributed by atoms with Gasteiger partial charge in [-0.2, -0.15) is 0 Å². The fourth-order valence-electron chi connectivity index (χ4n) is 0.893. The molecule has 0 spiro atoms. The van der Waals surface area contributed by atoms with E-state index in [2.05, 4.69) is 15.3 Å². The van der Waals surface area contributed by atoms with Gasteiger partial charge in [0.15, 0.2) is 0 Å². The Morgan fingerprint density at radius 1 is 1.60 bits per heavy atom. The van der Waals surface area contributed by atoms with Crippen LogP contribution in [0.15, 0.2) is 12.3 Å². The highest BCUT2D eigenvalue weighted by Gasteiger charge is 2.17. The maximum absolute atomic E-state index is 11.5. The lowest BCUT2D eigenvalue weighted by atomic mass is 10.1. The van der Waals surface area contributed by atoms with Crippen LogP contribution in [0.4, 0.5) is 5.95 Å². The summed E-state index contributed by atoms with van der Waals surface area (Å²) in [6.45, 7) is 3.73. The molecule has 0 unspecified atom stereocenters. The van der Waals surface area contributed by atoms with Crippen LogP contribution < -0.4 is 11.1 Å². The van der Waals surface area contributed by atoms with Crippen molar-refractivity contribution in [3.8, 4) is 0 Å². The zero-order valence-corrected chi connectivity index (χ0v) is 9.32. The van der Waals surface area contributed by atoms with E-state index in [-0.39, 0.29) is 22.9 Å². The molecule has 0 radical (unpaired) electrons. The van der Waals surface area contributed by atoms with Crippen molar-refractivity contribution in [3.63, 3.8) is 0 Å². The lowest BCUT2D eigenvalue weighted by Gasteiger charge is -2.14. The van der Waals surface area contributed by atoms with Crippen molar-refractivity contribution in [2.24, 2.45) is 11.7 Å². The molecule has 1 atom stereocenters. The van der Waals surface area contributed by atoms with Crippen LogP contribution >= 0.6 is 11.6 Å². The first-order valence-corrected chi connectivity index (χ1v) is 4.93. The fourth-order valence-corrected chi connectivity index (χ4v) is 1.03. The number of nitrogens with two attached hydrogens (primary N) is 1. The molecule has 6 heteroatoms. The minimum atomic E-state index is -0.576. The van der Waals surface area contributed by atoms with E-state index in [4.69, 9.17) is 17.3 Å². The van der Waals surface area contributed by atoms with E-state index < -0.39 is 6.04 Å². The van der Waals surface area contributed by atoms with Gasteiger partial charge in [-0.1, -0.05) is 25.4 Å². The molecule has 1 aromatic rings. The number of rotatable bonds is 3. The maximum Gasteiger partial charge on any atom is 0.243 e.